The van der Waals surface area contributed by atoms with Gasteiger partial charge < -0.3 is 0 Å². The molecule has 1 atom stereocenters. The number of hydrogen-bond acceptors (Lipinski definition) is 5. The van der Waals surface area contributed by atoms with Gasteiger partial charge >= 0.3 is 6.18 Å². The highest BCUT2D eigenvalue weighted by Crippen LogP contribution is 2.36. The molecule has 3 aromatic rings. The normalized spacial score (nSPS) is 13.1. The molecule has 25 heavy (non-hydrogen) atoms. The lowest BCUT2D eigenvalue weighted by Gasteiger charge is -2.21. The Morgan fingerprint density at radius 1 is 1.16 bits per heavy atom. The Morgan fingerprint density at radius 2 is 1.88 bits per heavy atom. The fraction of sp³-hybridized carbons (Fsp3) is 0.125. The van der Waals surface area contributed by atoms with Crippen molar-refractivity contribution in [2.45, 2.75) is 17.1 Å². The van der Waals surface area contributed by atoms with Crippen LogP contribution < -0.4 is 4.72 Å². The summed E-state index contributed by atoms with van der Waals surface area (Å²) in [4.78, 5) is 8.54. The van der Waals surface area contributed by atoms with Crippen LogP contribution in [0.5, 0.6) is 0 Å². The number of alkyl halides is 3. The van der Waals surface area contributed by atoms with Crippen molar-refractivity contribution in [2.75, 3.05) is 0 Å². The van der Waals surface area contributed by atoms with Crippen LogP contribution in [0.2, 0.25) is 0 Å². The SMILES string of the molecule is C=Nc1nc2cc(SNC(c3ccc(F)cc3)C(F)(F)F)ccc2s1. The molecular weight excluding hydrogens is 374 g/mol. The van der Waals surface area contributed by atoms with Gasteiger partial charge in [-0.15, -0.1) is 0 Å². The molecule has 0 aliphatic heterocycles. The van der Waals surface area contributed by atoms with E-state index < -0.39 is 18.0 Å². The maximum atomic E-state index is 13.3. The molecule has 3 rings (SSSR count). The summed E-state index contributed by atoms with van der Waals surface area (Å²) in [6.07, 6.45) is -4.52. The van der Waals surface area contributed by atoms with Crippen molar-refractivity contribution in [1.82, 2.24) is 9.71 Å². The van der Waals surface area contributed by atoms with Gasteiger partial charge in [0.2, 0.25) is 5.13 Å². The molecule has 0 aliphatic carbocycles. The number of aromatic nitrogens is 1. The summed E-state index contributed by atoms with van der Waals surface area (Å²) >= 11 is 2.19. The van der Waals surface area contributed by atoms with Gasteiger partial charge in [-0.2, -0.15) is 13.2 Å². The Labute approximate surface area is 148 Å². The number of nitrogens with zero attached hydrogens (tertiary/aromatic N) is 2. The van der Waals surface area contributed by atoms with Gasteiger partial charge in [0, 0.05) is 4.90 Å². The Balaban J connectivity index is 1.81. The number of rotatable bonds is 5. The third-order valence-electron chi connectivity index (χ3n) is 3.31. The van der Waals surface area contributed by atoms with E-state index in [1.807, 2.05) is 0 Å². The molecule has 2 aromatic carbocycles. The fourth-order valence-electron chi connectivity index (χ4n) is 2.13. The van der Waals surface area contributed by atoms with Gasteiger partial charge in [-0.3, -0.25) is 0 Å². The minimum absolute atomic E-state index is 0.0609. The van der Waals surface area contributed by atoms with E-state index in [1.54, 1.807) is 18.2 Å². The van der Waals surface area contributed by atoms with E-state index in [9.17, 15) is 17.6 Å². The van der Waals surface area contributed by atoms with Crippen molar-refractivity contribution in [1.29, 1.82) is 0 Å². The van der Waals surface area contributed by atoms with Crippen molar-refractivity contribution < 1.29 is 17.6 Å². The highest BCUT2D eigenvalue weighted by molar-refractivity contribution is 7.97. The molecule has 0 saturated carbocycles. The van der Waals surface area contributed by atoms with Crippen molar-refractivity contribution in [3.05, 3.63) is 53.8 Å². The Kier molecular flexibility index (Phi) is 5.07. The lowest BCUT2D eigenvalue weighted by molar-refractivity contribution is -0.152. The number of hydrogen-bond donors (Lipinski definition) is 1. The molecule has 0 fully saturated rings. The summed E-state index contributed by atoms with van der Waals surface area (Å²) in [6.45, 7) is 3.40. The molecule has 3 nitrogen and oxygen atoms in total. The van der Waals surface area contributed by atoms with Crippen molar-refractivity contribution >= 4 is 45.4 Å². The molecule has 0 amide bonds. The van der Waals surface area contributed by atoms with E-state index in [0.29, 0.717) is 15.5 Å². The average Bonchev–Trinajstić information content (AvgIpc) is 2.98. The van der Waals surface area contributed by atoms with Crippen molar-refractivity contribution in [3.63, 3.8) is 0 Å². The Hall–Kier alpha value is -1.97. The lowest BCUT2D eigenvalue weighted by Crippen LogP contribution is -2.30. The number of aliphatic imine (C=N–C) groups is 1. The molecule has 1 N–H and O–H groups in total. The van der Waals surface area contributed by atoms with E-state index in [2.05, 4.69) is 21.4 Å². The topological polar surface area (TPSA) is 37.3 Å². The largest absolute Gasteiger partial charge is 0.408 e. The summed E-state index contributed by atoms with van der Waals surface area (Å²) in [6, 6.07) is 7.47. The molecule has 0 aliphatic rings. The monoisotopic (exact) mass is 385 g/mol. The maximum absolute atomic E-state index is 13.3. The van der Waals surface area contributed by atoms with Gasteiger partial charge in [0.25, 0.3) is 0 Å². The zero-order chi connectivity index (χ0) is 18.0. The van der Waals surface area contributed by atoms with Gasteiger partial charge in [-0.05, 0) is 54.6 Å². The van der Waals surface area contributed by atoms with Crippen LogP contribution in [0, 0.1) is 5.82 Å². The third-order valence-corrected chi connectivity index (χ3v) is 5.12. The average molecular weight is 385 g/mol. The molecule has 0 radical (unpaired) electrons. The maximum Gasteiger partial charge on any atom is 0.408 e. The van der Waals surface area contributed by atoms with Crippen LogP contribution in [0.3, 0.4) is 0 Å². The standard InChI is InChI=1S/C16H11F4N3S2/c1-21-15-22-12-8-11(6-7-13(12)24-15)25-23-14(16(18,19)20)9-2-4-10(17)5-3-9/h2-8,14,23H,1H2. The van der Waals surface area contributed by atoms with E-state index in [1.165, 1.54) is 11.3 Å². The Bertz CT molecular complexity index is 891. The van der Waals surface area contributed by atoms with Gasteiger partial charge in [-0.1, -0.05) is 23.5 Å². The number of benzene rings is 2. The quantitative estimate of drug-likeness (QED) is 0.349. The smallest absolute Gasteiger partial charge is 0.244 e. The lowest BCUT2D eigenvalue weighted by atomic mass is 10.1. The van der Waals surface area contributed by atoms with Gasteiger partial charge in [0.1, 0.15) is 11.9 Å². The summed E-state index contributed by atoms with van der Waals surface area (Å²) in [5.41, 5.74) is 0.582. The molecule has 1 unspecified atom stereocenters. The fourth-order valence-corrected chi connectivity index (χ4v) is 3.71. The van der Waals surface area contributed by atoms with Crippen molar-refractivity contribution in [3.8, 4) is 0 Å². The van der Waals surface area contributed by atoms with Gasteiger partial charge in [0.15, 0.2) is 0 Å². The first kappa shape index (κ1) is 17.8. The molecule has 1 aromatic heterocycles. The third kappa shape index (κ3) is 4.17. The van der Waals surface area contributed by atoms with Crippen LogP contribution >= 0.6 is 23.3 Å². The first-order chi connectivity index (χ1) is 11.9. The van der Waals surface area contributed by atoms with E-state index >= 15 is 0 Å². The summed E-state index contributed by atoms with van der Waals surface area (Å²) in [7, 11) is 0. The van der Waals surface area contributed by atoms with Crippen LogP contribution in [0.1, 0.15) is 11.6 Å². The van der Waals surface area contributed by atoms with Crippen LogP contribution in [0.4, 0.5) is 22.7 Å². The Morgan fingerprint density at radius 3 is 2.52 bits per heavy atom. The van der Waals surface area contributed by atoms with Crippen LogP contribution in [0.25, 0.3) is 10.2 Å². The number of halogens is 4. The highest BCUT2D eigenvalue weighted by Gasteiger charge is 2.40. The van der Waals surface area contributed by atoms with Gasteiger partial charge in [-0.25, -0.2) is 19.1 Å². The second kappa shape index (κ2) is 7.11. The van der Waals surface area contributed by atoms with Crippen LogP contribution in [-0.4, -0.2) is 17.9 Å². The molecule has 0 spiro atoms. The van der Waals surface area contributed by atoms with E-state index in [0.717, 1.165) is 40.9 Å². The van der Waals surface area contributed by atoms with E-state index in [-0.39, 0.29) is 5.56 Å². The number of fused-ring (bicyclic) bond motifs is 1. The van der Waals surface area contributed by atoms with Crippen LogP contribution in [0.15, 0.2) is 52.4 Å². The molecule has 130 valence electrons. The zero-order valence-corrected chi connectivity index (χ0v) is 14.2. The first-order valence-electron chi connectivity index (χ1n) is 6.98. The predicted molar refractivity (Wildman–Crippen MR) is 93.0 cm³/mol. The number of thiazole rings is 1. The summed E-state index contributed by atoms with van der Waals surface area (Å²) in [5.74, 6) is -0.585. The molecular formula is C16H11F4N3S2. The minimum Gasteiger partial charge on any atom is -0.244 e. The molecule has 9 heteroatoms. The van der Waals surface area contributed by atoms with Crippen molar-refractivity contribution in [2.24, 2.45) is 4.99 Å². The molecule has 1 heterocycles. The van der Waals surface area contributed by atoms with E-state index in [4.69, 9.17) is 0 Å². The van der Waals surface area contributed by atoms with Crippen LogP contribution in [-0.2, 0) is 0 Å². The zero-order valence-electron chi connectivity index (χ0n) is 12.5. The molecule has 0 bridgehead atoms. The summed E-state index contributed by atoms with van der Waals surface area (Å²) in [5, 5.41) is 0.504. The van der Waals surface area contributed by atoms with Gasteiger partial charge in [0.05, 0.1) is 10.2 Å². The first-order valence-corrected chi connectivity index (χ1v) is 8.62. The molecule has 0 saturated heterocycles. The highest BCUT2D eigenvalue weighted by atomic mass is 32.2. The summed E-state index contributed by atoms with van der Waals surface area (Å²) < 4.78 is 56.2. The minimum atomic E-state index is -4.52. The second-order valence-corrected chi connectivity index (χ2v) is 6.95. The number of nitrogens with one attached hydrogen (secondary N) is 1. The second-order valence-electron chi connectivity index (χ2n) is 5.03. The predicted octanol–water partition coefficient (Wildman–Crippen LogP) is 5.67.